The lowest BCUT2D eigenvalue weighted by Gasteiger charge is -2.13. The van der Waals surface area contributed by atoms with Gasteiger partial charge in [-0.15, -0.1) is 0 Å². The van der Waals surface area contributed by atoms with Gasteiger partial charge in [-0.2, -0.15) is 0 Å². The number of nitro groups is 1. The average Bonchev–Trinajstić information content (AvgIpc) is 2.62. The van der Waals surface area contributed by atoms with Crippen LogP contribution in [0.1, 0.15) is 5.56 Å². The van der Waals surface area contributed by atoms with Crippen molar-refractivity contribution in [2.45, 2.75) is 5.75 Å². The highest BCUT2D eigenvalue weighted by Gasteiger charge is 2.20. The van der Waals surface area contributed by atoms with Crippen LogP contribution in [0, 0.1) is 10.1 Å². The Bertz CT molecular complexity index is 1030. The van der Waals surface area contributed by atoms with Gasteiger partial charge in [0, 0.05) is 17.2 Å². The maximum absolute atomic E-state index is 12.6. The largest absolute Gasteiger partial charge is 0.283 e. The molecule has 0 heterocycles. The molecule has 0 unspecified atom stereocenters. The van der Waals surface area contributed by atoms with Gasteiger partial charge in [-0.1, -0.05) is 66.7 Å². The van der Waals surface area contributed by atoms with Crippen LogP contribution in [0.3, 0.4) is 0 Å². The van der Waals surface area contributed by atoms with Crippen LogP contribution in [-0.2, 0) is 15.8 Å². The lowest BCUT2D eigenvalue weighted by molar-refractivity contribution is -0.385. The number of nitrogens with zero attached hydrogens (tertiary/aromatic N) is 1. The third-order valence-electron chi connectivity index (χ3n) is 3.81. The van der Waals surface area contributed by atoms with E-state index in [1.54, 1.807) is 18.2 Å². The number of nitro benzene ring substituents is 1. The maximum atomic E-state index is 12.6. The van der Waals surface area contributed by atoms with Crippen LogP contribution in [0.5, 0.6) is 0 Å². The number of anilines is 1. The van der Waals surface area contributed by atoms with Crippen molar-refractivity contribution in [2.75, 3.05) is 4.72 Å². The summed E-state index contributed by atoms with van der Waals surface area (Å²) in [4.78, 5) is 10.5. The van der Waals surface area contributed by atoms with Crippen molar-refractivity contribution >= 4 is 21.4 Å². The van der Waals surface area contributed by atoms with E-state index in [1.165, 1.54) is 18.2 Å². The molecule has 6 nitrogen and oxygen atoms in total. The standard InChI is InChI=1S/C19H16N2O4S/c22-21(23)19-13-7-4-10-16(19)14-26(24,25)20-18-12-6-5-11-17(18)15-8-2-1-3-9-15/h1-13,20H,14H2. The van der Waals surface area contributed by atoms with Crippen LogP contribution in [0.15, 0.2) is 78.9 Å². The van der Waals surface area contributed by atoms with E-state index in [9.17, 15) is 18.5 Å². The Morgan fingerprint density at radius 3 is 2.19 bits per heavy atom. The summed E-state index contributed by atoms with van der Waals surface area (Å²) in [7, 11) is -3.83. The molecule has 0 aliphatic rings. The number of benzene rings is 3. The smallest absolute Gasteiger partial charge is 0.273 e. The van der Waals surface area contributed by atoms with Gasteiger partial charge in [0.15, 0.2) is 0 Å². The van der Waals surface area contributed by atoms with E-state index in [1.807, 2.05) is 42.5 Å². The number of nitrogens with one attached hydrogen (secondary N) is 1. The summed E-state index contributed by atoms with van der Waals surface area (Å²) in [6.07, 6.45) is 0. The van der Waals surface area contributed by atoms with Crippen molar-refractivity contribution in [3.63, 3.8) is 0 Å². The van der Waals surface area contributed by atoms with Crippen molar-refractivity contribution in [3.8, 4) is 11.1 Å². The molecule has 0 bridgehead atoms. The Morgan fingerprint density at radius 1 is 0.846 bits per heavy atom. The molecule has 0 aliphatic carbocycles. The van der Waals surface area contributed by atoms with Gasteiger partial charge >= 0.3 is 0 Å². The van der Waals surface area contributed by atoms with Crippen LogP contribution in [-0.4, -0.2) is 13.3 Å². The highest BCUT2D eigenvalue weighted by Crippen LogP contribution is 2.29. The van der Waals surface area contributed by atoms with E-state index >= 15 is 0 Å². The second-order valence-corrected chi connectivity index (χ2v) is 7.38. The van der Waals surface area contributed by atoms with Crippen molar-refractivity contribution in [1.29, 1.82) is 0 Å². The Hall–Kier alpha value is -3.19. The SMILES string of the molecule is O=[N+]([O-])c1ccccc1CS(=O)(=O)Nc1ccccc1-c1ccccc1. The van der Waals surface area contributed by atoms with E-state index in [2.05, 4.69) is 4.72 Å². The quantitative estimate of drug-likeness (QED) is 0.521. The third kappa shape index (κ3) is 4.07. The van der Waals surface area contributed by atoms with Crippen molar-refractivity contribution in [2.24, 2.45) is 0 Å². The topological polar surface area (TPSA) is 89.3 Å². The number of hydrogen-bond acceptors (Lipinski definition) is 4. The summed E-state index contributed by atoms with van der Waals surface area (Å²) in [6, 6.07) is 22.2. The summed E-state index contributed by atoms with van der Waals surface area (Å²) >= 11 is 0. The Balaban J connectivity index is 1.91. The molecule has 26 heavy (non-hydrogen) atoms. The first-order chi connectivity index (χ1) is 12.5. The molecule has 0 radical (unpaired) electrons. The van der Waals surface area contributed by atoms with Crippen molar-refractivity contribution in [1.82, 2.24) is 0 Å². The molecule has 3 aromatic carbocycles. The second-order valence-electron chi connectivity index (χ2n) is 5.66. The maximum Gasteiger partial charge on any atom is 0.273 e. The lowest BCUT2D eigenvalue weighted by atomic mass is 10.0. The first kappa shape index (κ1) is 17.6. The molecule has 7 heteroatoms. The van der Waals surface area contributed by atoms with Gasteiger partial charge in [0.1, 0.15) is 5.75 Å². The normalized spacial score (nSPS) is 11.1. The molecule has 3 aromatic rings. The molecule has 0 amide bonds. The van der Waals surface area contributed by atoms with Crippen LogP contribution >= 0.6 is 0 Å². The Kier molecular flexibility index (Phi) is 4.99. The lowest BCUT2D eigenvalue weighted by Crippen LogP contribution is -2.16. The van der Waals surface area contributed by atoms with E-state index in [0.29, 0.717) is 5.69 Å². The Labute approximate surface area is 151 Å². The van der Waals surface area contributed by atoms with Gasteiger partial charge in [-0.3, -0.25) is 14.8 Å². The van der Waals surface area contributed by atoms with Crippen molar-refractivity contribution < 1.29 is 13.3 Å². The molecule has 0 spiro atoms. The van der Waals surface area contributed by atoms with E-state index in [0.717, 1.165) is 11.1 Å². The fraction of sp³-hybridized carbons (Fsp3) is 0.0526. The van der Waals surface area contributed by atoms with Gasteiger partial charge in [0.05, 0.1) is 10.6 Å². The first-order valence-electron chi connectivity index (χ1n) is 7.83. The first-order valence-corrected chi connectivity index (χ1v) is 9.49. The Morgan fingerprint density at radius 2 is 1.46 bits per heavy atom. The highest BCUT2D eigenvalue weighted by molar-refractivity contribution is 7.91. The minimum absolute atomic E-state index is 0.141. The number of hydrogen-bond donors (Lipinski definition) is 1. The van der Waals surface area contributed by atoms with Crippen molar-refractivity contribution in [3.05, 3.63) is 94.5 Å². The molecule has 0 saturated heterocycles. The molecule has 1 N–H and O–H groups in total. The monoisotopic (exact) mass is 368 g/mol. The minimum Gasteiger partial charge on any atom is -0.283 e. The molecule has 0 aliphatic heterocycles. The fourth-order valence-corrected chi connectivity index (χ4v) is 3.90. The van der Waals surface area contributed by atoms with Gasteiger partial charge < -0.3 is 0 Å². The van der Waals surface area contributed by atoms with E-state index in [-0.39, 0.29) is 11.3 Å². The predicted octanol–water partition coefficient (Wildman–Crippen LogP) is 4.20. The summed E-state index contributed by atoms with van der Waals surface area (Å²) < 4.78 is 27.7. The van der Waals surface area contributed by atoms with Crippen LogP contribution in [0.25, 0.3) is 11.1 Å². The fourth-order valence-electron chi connectivity index (χ4n) is 2.66. The molecule has 0 saturated carbocycles. The molecule has 3 rings (SSSR count). The van der Waals surface area contributed by atoms with Gasteiger partial charge in [0.25, 0.3) is 5.69 Å². The van der Waals surface area contributed by atoms with Crippen LogP contribution < -0.4 is 4.72 Å². The third-order valence-corrected chi connectivity index (χ3v) is 5.03. The van der Waals surface area contributed by atoms with E-state index in [4.69, 9.17) is 0 Å². The number of para-hydroxylation sites is 2. The molecular formula is C19H16N2O4S. The molecule has 0 atom stereocenters. The summed E-state index contributed by atoms with van der Waals surface area (Å²) in [5.41, 5.74) is 1.96. The summed E-state index contributed by atoms with van der Waals surface area (Å²) in [6.45, 7) is 0. The zero-order valence-corrected chi connectivity index (χ0v) is 14.5. The minimum atomic E-state index is -3.83. The summed E-state index contributed by atoms with van der Waals surface area (Å²) in [5.74, 6) is -0.479. The zero-order valence-electron chi connectivity index (χ0n) is 13.7. The summed E-state index contributed by atoms with van der Waals surface area (Å²) in [5, 5.41) is 11.1. The molecular weight excluding hydrogens is 352 g/mol. The van der Waals surface area contributed by atoms with Gasteiger partial charge in [0.2, 0.25) is 10.0 Å². The second kappa shape index (κ2) is 7.37. The molecule has 0 fully saturated rings. The van der Waals surface area contributed by atoms with Crippen LogP contribution in [0.2, 0.25) is 0 Å². The average molecular weight is 368 g/mol. The highest BCUT2D eigenvalue weighted by atomic mass is 32.2. The zero-order chi connectivity index (χ0) is 18.6. The van der Waals surface area contributed by atoms with E-state index < -0.39 is 20.7 Å². The van der Waals surface area contributed by atoms with Gasteiger partial charge in [-0.05, 0) is 11.6 Å². The number of rotatable bonds is 6. The van der Waals surface area contributed by atoms with Crippen LogP contribution in [0.4, 0.5) is 11.4 Å². The number of sulfonamides is 1. The predicted molar refractivity (Wildman–Crippen MR) is 101 cm³/mol. The molecule has 0 aromatic heterocycles. The molecule has 132 valence electrons. The van der Waals surface area contributed by atoms with Gasteiger partial charge in [-0.25, -0.2) is 8.42 Å².